The van der Waals surface area contributed by atoms with Gasteiger partial charge in [-0.1, -0.05) is 42.2 Å². The van der Waals surface area contributed by atoms with Crippen LogP contribution in [0.2, 0.25) is 0 Å². The van der Waals surface area contributed by atoms with Crippen molar-refractivity contribution >= 4 is 51.9 Å². The van der Waals surface area contributed by atoms with E-state index in [1.54, 1.807) is 49.6 Å². The van der Waals surface area contributed by atoms with E-state index in [0.29, 0.717) is 32.0 Å². The predicted octanol–water partition coefficient (Wildman–Crippen LogP) is 4.92. The number of esters is 1. The number of hydrogen-bond donors (Lipinski definition) is 0. The maximum atomic E-state index is 13.1. The molecule has 0 bridgehead atoms. The third kappa shape index (κ3) is 4.25. The number of methoxy groups -OCH3 is 2. The lowest BCUT2D eigenvalue weighted by molar-refractivity contribution is -0.113. The van der Waals surface area contributed by atoms with Gasteiger partial charge in [-0.2, -0.15) is 0 Å². The molecule has 2 aromatic carbocycles. The lowest BCUT2D eigenvalue weighted by Gasteiger charge is -2.17. The molecule has 3 aromatic rings. The summed E-state index contributed by atoms with van der Waals surface area (Å²) < 4.78 is 21.5. The SMILES string of the molecule is COc1cc(C=C2SC(=S)N(c3ccccc3OC)C2=O)ccc1OC(=O)c1ccco1. The van der Waals surface area contributed by atoms with Crippen molar-refractivity contribution in [1.29, 1.82) is 0 Å². The van der Waals surface area contributed by atoms with Crippen LogP contribution in [0.25, 0.3) is 6.08 Å². The molecular weight excluding hydrogens is 450 g/mol. The summed E-state index contributed by atoms with van der Waals surface area (Å²) in [6.07, 6.45) is 3.09. The number of rotatable bonds is 6. The number of benzene rings is 2. The average Bonchev–Trinajstić information content (AvgIpc) is 3.43. The summed E-state index contributed by atoms with van der Waals surface area (Å²) in [6, 6.07) is 15.2. The van der Waals surface area contributed by atoms with Crippen molar-refractivity contribution in [3.63, 3.8) is 0 Å². The van der Waals surface area contributed by atoms with Crippen LogP contribution >= 0.6 is 24.0 Å². The molecule has 0 saturated carbocycles. The summed E-state index contributed by atoms with van der Waals surface area (Å²) in [5.74, 6) is 0.299. The standard InChI is InChI=1S/C23H17NO6S2/c1-27-16-7-4-3-6-15(16)24-21(25)20(32-23(24)31)13-14-9-10-17(19(12-14)28-2)30-22(26)18-8-5-11-29-18/h3-13H,1-2H3. The number of amides is 1. The second-order valence-electron chi connectivity index (χ2n) is 6.47. The Bertz CT molecular complexity index is 1220. The van der Waals surface area contributed by atoms with Crippen LogP contribution in [0.4, 0.5) is 5.69 Å². The zero-order valence-electron chi connectivity index (χ0n) is 17.1. The van der Waals surface area contributed by atoms with E-state index in [2.05, 4.69) is 0 Å². The molecule has 32 heavy (non-hydrogen) atoms. The third-order valence-corrected chi connectivity index (χ3v) is 5.83. The van der Waals surface area contributed by atoms with Gasteiger partial charge in [0, 0.05) is 0 Å². The Labute approximate surface area is 193 Å². The summed E-state index contributed by atoms with van der Waals surface area (Å²) in [6.45, 7) is 0. The number of nitrogens with zero attached hydrogens (tertiary/aromatic N) is 1. The Balaban J connectivity index is 1.59. The van der Waals surface area contributed by atoms with Crippen molar-refractivity contribution in [3.05, 3.63) is 77.1 Å². The minimum absolute atomic E-state index is 0.0798. The van der Waals surface area contributed by atoms with Crippen LogP contribution in [0.5, 0.6) is 17.2 Å². The molecule has 1 fully saturated rings. The number of anilines is 1. The molecule has 1 saturated heterocycles. The second kappa shape index (κ2) is 9.29. The molecule has 2 heterocycles. The van der Waals surface area contributed by atoms with Crippen LogP contribution in [0.15, 0.2) is 70.2 Å². The average molecular weight is 468 g/mol. The van der Waals surface area contributed by atoms with Crippen LogP contribution in [0.1, 0.15) is 16.1 Å². The Hall–Kier alpha value is -3.56. The molecule has 0 unspecified atom stereocenters. The van der Waals surface area contributed by atoms with Crippen LogP contribution < -0.4 is 19.1 Å². The van der Waals surface area contributed by atoms with Gasteiger partial charge in [-0.25, -0.2) is 4.79 Å². The summed E-state index contributed by atoms with van der Waals surface area (Å²) in [7, 11) is 3.00. The quantitative estimate of drug-likeness (QED) is 0.219. The zero-order valence-corrected chi connectivity index (χ0v) is 18.7. The fraction of sp³-hybridized carbons (Fsp3) is 0.0870. The molecule has 1 amide bonds. The van der Waals surface area contributed by atoms with E-state index in [4.69, 9.17) is 30.8 Å². The Morgan fingerprint density at radius 2 is 1.81 bits per heavy atom. The minimum Gasteiger partial charge on any atom is -0.495 e. The van der Waals surface area contributed by atoms with Crippen molar-refractivity contribution in [3.8, 4) is 17.2 Å². The van der Waals surface area contributed by atoms with Gasteiger partial charge < -0.3 is 18.6 Å². The van der Waals surface area contributed by atoms with Crippen LogP contribution in [0, 0.1) is 0 Å². The normalized spacial score (nSPS) is 14.7. The van der Waals surface area contributed by atoms with E-state index in [0.717, 1.165) is 0 Å². The molecule has 0 atom stereocenters. The number of carbonyl (C=O) groups is 2. The number of furan rings is 1. The van der Waals surface area contributed by atoms with Crippen LogP contribution in [0.3, 0.4) is 0 Å². The molecule has 9 heteroatoms. The summed E-state index contributed by atoms with van der Waals surface area (Å²) in [5, 5.41) is 0. The van der Waals surface area contributed by atoms with Gasteiger partial charge in [0.25, 0.3) is 5.91 Å². The summed E-state index contributed by atoms with van der Waals surface area (Å²) >= 11 is 6.63. The number of para-hydroxylation sites is 2. The Morgan fingerprint density at radius 3 is 2.53 bits per heavy atom. The molecule has 1 aliphatic rings. The molecular formula is C23H17NO6S2. The van der Waals surface area contributed by atoms with Gasteiger partial charge in [-0.05, 0) is 48.0 Å². The molecule has 0 N–H and O–H groups in total. The first kappa shape index (κ1) is 21.7. The van der Waals surface area contributed by atoms with Gasteiger partial charge in [0.1, 0.15) is 5.75 Å². The number of ether oxygens (including phenoxy) is 3. The van der Waals surface area contributed by atoms with Crippen molar-refractivity contribution in [2.24, 2.45) is 0 Å². The van der Waals surface area contributed by atoms with Crippen molar-refractivity contribution in [1.82, 2.24) is 0 Å². The van der Waals surface area contributed by atoms with Gasteiger partial charge in [0.2, 0.25) is 5.76 Å². The lowest BCUT2D eigenvalue weighted by atomic mass is 10.1. The maximum absolute atomic E-state index is 13.1. The minimum atomic E-state index is -0.640. The highest BCUT2D eigenvalue weighted by atomic mass is 32.2. The topological polar surface area (TPSA) is 78.2 Å². The summed E-state index contributed by atoms with van der Waals surface area (Å²) in [4.78, 5) is 27.1. The highest BCUT2D eigenvalue weighted by Crippen LogP contribution is 2.40. The van der Waals surface area contributed by atoms with E-state index in [1.807, 2.05) is 12.1 Å². The Kier molecular flexibility index (Phi) is 6.29. The van der Waals surface area contributed by atoms with Crippen LogP contribution in [-0.4, -0.2) is 30.4 Å². The summed E-state index contributed by atoms with van der Waals surface area (Å²) in [5.41, 5.74) is 1.26. The molecule has 4 rings (SSSR count). The molecule has 1 aromatic heterocycles. The molecule has 7 nitrogen and oxygen atoms in total. The van der Waals surface area contributed by atoms with Crippen molar-refractivity contribution in [2.75, 3.05) is 19.1 Å². The number of thioether (sulfide) groups is 1. The van der Waals surface area contributed by atoms with Gasteiger partial charge in [-0.15, -0.1) is 0 Å². The van der Waals surface area contributed by atoms with Crippen molar-refractivity contribution in [2.45, 2.75) is 0 Å². The fourth-order valence-electron chi connectivity index (χ4n) is 3.04. The predicted molar refractivity (Wildman–Crippen MR) is 125 cm³/mol. The number of thiocarbonyl (C=S) groups is 1. The van der Waals surface area contributed by atoms with Gasteiger partial charge in [0.15, 0.2) is 15.8 Å². The van der Waals surface area contributed by atoms with Crippen LogP contribution in [-0.2, 0) is 4.79 Å². The fourth-order valence-corrected chi connectivity index (χ4v) is 4.33. The largest absolute Gasteiger partial charge is 0.495 e. The van der Waals surface area contributed by atoms with Gasteiger partial charge in [-0.3, -0.25) is 9.69 Å². The molecule has 0 spiro atoms. The maximum Gasteiger partial charge on any atom is 0.379 e. The van der Waals surface area contributed by atoms with E-state index in [-0.39, 0.29) is 17.4 Å². The van der Waals surface area contributed by atoms with E-state index in [9.17, 15) is 9.59 Å². The zero-order chi connectivity index (χ0) is 22.7. The second-order valence-corrected chi connectivity index (χ2v) is 8.14. The van der Waals surface area contributed by atoms with Crippen molar-refractivity contribution < 1.29 is 28.2 Å². The van der Waals surface area contributed by atoms with Gasteiger partial charge >= 0.3 is 5.97 Å². The highest BCUT2D eigenvalue weighted by molar-refractivity contribution is 8.27. The first-order chi connectivity index (χ1) is 15.5. The highest BCUT2D eigenvalue weighted by Gasteiger charge is 2.34. The third-order valence-electron chi connectivity index (χ3n) is 4.53. The molecule has 0 aliphatic carbocycles. The monoisotopic (exact) mass is 467 g/mol. The van der Waals surface area contributed by atoms with Gasteiger partial charge in [0.05, 0.1) is 31.1 Å². The lowest BCUT2D eigenvalue weighted by Crippen LogP contribution is -2.27. The molecule has 162 valence electrons. The first-order valence-corrected chi connectivity index (χ1v) is 10.6. The van der Waals surface area contributed by atoms with E-state index in [1.165, 1.54) is 36.1 Å². The number of carbonyl (C=O) groups excluding carboxylic acids is 2. The molecule has 0 radical (unpaired) electrons. The number of hydrogen-bond acceptors (Lipinski definition) is 8. The first-order valence-electron chi connectivity index (χ1n) is 9.36. The van der Waals surface area contributed by atoms with E-state index < -0.39 is 5.97 Å². The molecule has 1 aliphatic heterocycles. The Morgan fingerprint density at radius 1 is 1.03 bits per heavy atom. The smallest absolute Gasteiger partial charge is 0.379 e. The van der Waals surface area contributed by atoms with E-state index >= 15 is 0 Å².